The Kier molecular flexibility index (Phi) is 4.83. The minimum atomic E-state index is -3.06. The van der Waals surface area contributed by atoms with E-state index in [-0.39, 0.29) is 23.2 Å². The summed E-state index contributed by atoms with van der Waals surface area (Å²) >= 11 is 1.21. The van der Waals surface area contributed by atoms with E-state index in [1.807, 2.05) is 31.2 Å². The number of carbonyl (C=O) groups is 1. The van der Waals surface area contributed by atoms with Gasteiger partial charge in [0.2, 0.25) is 11.1 Å². The number of tetrazole rings is 1. The van der Waals surface area contributed by atoms with E-state index in [1.165, 1.54) is 11.8 Å². The van der Waals surface area contributed by atoms with E-state index in [2.05, 4.69) is 20.8 Å². The first-order chi connectivity index (χ1) is 11.8. The van der Waals surface area contributed by atoms with Crippen molar-refractivity contribution in [3.8, 4) is 5.69 Å². The number of nitrogens with one attached hydrogen (secondary N) is 1. The van der Waals surface area contributed by atoms with Gasteiger partial charge in [0.15, 0.2) is 9.84 Å². The molecule has 10 heteroatoms. The maximum absolute atomic E-state index is 12.2. The molecule has 1 aromatic heterocycles. The van der Waals surface area contributed by atoms with Gasteiger partial charge >= 0.3 is 0 Å². The third-order valence-corrected chi connectivity index (χ3v) is 6.82. The van der Waals surface area contributed by atoms with Crippen LogP contribution in [0.5, 0.6) is 0 Å². The predicted octanol–water partition coefficient (Wildman–Crippen LogP) is 0.756. The zero-order chi connectivity index (χ0) is 18.1. The highest BCUT2D eigenvalue weighted by Gasteiger charge is 2.39. The number of benzene rings is 1. The summed E-state index contributed by atoms with van der Waals surface area (Å²) in [5, 5.41) is 14.9. The highest BCUT2D eigenvalue weighted by molar-refractivity contribution is 7.99. The molecular weight excluding hydrogens is 362 g/mol. The van der Waals surface area contributed by atoms with Crippen molar-refractivity contribution in [3.63, 3.8) is 0 Å². The van der Waals surface area contributed by atoms with E-state index in [0.717, 1.165) is 11.3 Å². The molecule has 25 heavy (non-hydrogen) atoms. The number of rotatable bonds is 5. The van der Waals surface area contributed by atoms with Crippen molar-refractivity contribution in [2.24, 2.45) is 0 Å². The lowest BCUT2D eigenvalue weighted by Gasteiger charge is -2.23. The Bertz CT molecular complexity index is 879. The van der Waals surface area contributed by atoms with Gasteiger partial charge in [-0.15, -0.1) is 5.10 Å². The molecule has 1 aliphatic rings. The molecule has 0 spiro atoms. The maximum atomic E-state index is 12.2. The van der Waals surface area contributed by atoms with Crippen molar-refractivity contribution >= 4 is 27.5 Å². The predicted molar refractivity (Wildman–Crippen MR) is 94.4 cm³/mol. The number of hydrogen-bond donors (Lipinski definition) is 1. The Morgan fingerprint density at radius 1 is 1.36 bits per heavy atom. The fourth-order valence-corrected chi connectivity index (χ4v) is 5.51. The Labute approximate surface area is 150 Å². The van der Waals surface area contributed by atoms with E-state index in [0.29, 0.717) is 11.6 Å². The number of sulfone groups is 1. The van der Waals surface area contributed by atoms with Gasteiger partial charge in [-0.05, 0) is 42.8 Å². The first-order valence-electron chi connectivity index (χ1n) is 7.76. The van der Waals surface area contributed by atoms with Gasteiger partial charge in [-0.25, -0.2) is 8.42 Å². The van der Waals surface area contributed by atoms with E-state index in [4.69, 9.17) is 0 Å². The maximum Gasteiger partial charge on any atom is 0.230 e. The summed E-state index contributed by atoms with van der Waals surface area (Å²) in [6.45, 7) is 3.75. The smallest absolute Gasteiger partial charge is 0.230 e. The monoisotopic (exact) mass is 381 g/mol. The summed E-state index contributed by atoms with van der Waals surface area (Å²) < 4.78 is 24.8. The molecule has 1 atom stereocenters. The second kappa shape index (κ2) is 6.75. The van der Waals surface area contributed by atoms with Crippen LogP contribution in [0.4, 0.5) is 0 Å². The van der Waals surface area contributed by atoms with E-state index in [1.54, 1.807) is 11.6 Å². The van der Waals surface area contributed by atoms with Crippen LogP contribution in [0.1, 0.15) is 18.9 Å². The molecule has 0 saturated carbocycles. The van der Waals surface area contributed by atoms with E-state index >= 15 is 0 Å². The second-order valence-corrected chi connectivity index (χ2v) is 9.57. The number of hydrogen-bond acceptors (Lipinski definition) is 7. The van der Waals surface area contributed by atoms with Gasteiger partial charge in [0.25, 0.3) is 0 Å². The van der Waals surface area contributed by atoms with Crippen molar-refractivity contribution in [3.05, 3.63) is 29.8 Å². The molecule has 0 radical (unpaired) electrons. The van der Waals surface area contributed by atoms with Gasteiger partial charge in [0, 0.05) is 0 Å². The number of aryl methyl sites for hydroxylation is 1. The summed E-state index contributed by atoms with van der Waals surface area (Å²) in [4.78, 5) is 12.2. The van der Waals surface area contributed by atoms with Crippen LogP contribution >= 0.6 is 11.8 Å². The Morgan fingerprint density at radius 3 is 2.72 bits per heavy atom. The highest BCUT2D eigenvalue weighted by atomic mass is 32.2. The summed E-state index contributed by atoms with van der Waals surface area (Å²) in [5.74, 6) is -0.0230. The van der Waals surface area contributed by atoms with Gasteiger partial charge in [-0.2, -0.15) is 4.68 Å². The molecule has 2 heterocycles. The first-order valence-corrected chi connectivity index (χ1v) is 10.6. The average Bonchev–Trinajstić information content (AvgIpc) is 3.10. The van der Waals surface area contributed by atoms with Crippen molar-refractivity contribution in [1.82, 2.24) is 25.5 Å². The van der Waals surface area contributed by atoms with Crippen LogP contribution in [0.2, 0.25) is 0 Å². The zero-order valence-electron chi connectivity index (χ0n) is 14.0. The normalized spacial score (nSPS) is 22.0. The lowest BCUT2D eigenvalue weighted by atomic mass is 10.0. The first kappa shape index (κ1) is 17.9. The minimum Gasteiger partial charge on any atom is -0.349 e. The number of thioether (sulfide) groups is 1. The third kappa shape index (κ3) is 4.37. The fourth-order valence-electron chi connectivity index (χ4n) is 2.73. The van der Waals surface area contributed by atoms with Crippen molar-refractivity contribution in [2.45, 2.75) is 31.0 Å². The van der Waals surface area contributed by atoms with Crippen molar-refractivity contribution < 1.29 is 13.2 Å². The van der Waals surface area contributed by atoms with Gasteiger partial charge in [-0.1, -0.05) is 29.5 Å². The number of carbonyl (C=O) groups excluding carboxylic acids is 1. The Balaban J connectivity index is 1.62. The van der Waals surface area contributed by atoms with Crippen LogP contribution in [0.25, 0.3) is 5.69 Å². The van der Waals surface area contributed by atoms with Gasteiger partial charge < -0.3 is 5.32 Å². The fraction of sp³-hybridized carbons (Fsp3) is 0.467. The highest BCUT2D eigenvalue weighted by Crippen LogP contribution is 2.24. The average molecular weight is 381 g/mol. The molecule has 0 bridgehead atoms. The van der Waals surface area contributed by atoms with Gasteiger partial charge in [0.05, 0.1) is 28.5 Å². The molecule has 3 rings (SSSR count). The van der Waals surface area contributed by atoms with Crippen LogP contribution in [-0.2, 0) is 14.6 Å². The lowest BCUT2D eigenvalue weighted by molar-refractivity contribution is -0.120. The lowest BCUT2D eigenvalue weighted by Crippen LogP contribution is -2.47. The number of nitrogens with zero attached hydrogens (tertiary/aromatic N) is 4. The molecule has 2 aromatic rings. The van der Waals surface area contributed by atoms with Gasteiger partial charge in [0.1, 0.15) is 0 Å². The number of aromatic nitrogens is 4. The molecule has 0 aliphatic carbocycles. The minimum absolute atomic E-state index is 0.0164. The Morgan fingerprint density at radius 2 is 2.08 bits per heavy atom. The topological polar surface area (TPSA) is 107 Å². The summed E-state index contributed by atoms with van der Waals surface area (Å²) in [7, 11) is -3.06. The molecule has 1 amide bonds. The number of amides is 1. The Hall–Kier alpha value is -1.94. The standard InChI is InChI=1S/C15H19N5O3S2/c1-11-3-5-12(6-4-11)20-14(17-18-19-20)24-9-13(21)16-15(2)7-8-25(22,23)10-15/h3-6H,7-10H2,1-2H3,(H,16,21)/t15-/m0/s1. The SMILES string of the molecule is Cc1ccc(-n2nnnc2SCC(=O)N[C@@]2(C)CCS(=O)(=O)C2)cc1. The van der Waals surface area contributed by atoms with Crippen LogP contribution in [0.3, 0.4) is 0 Å². The third-order valence-electron chi connectivity index (χ3n) is 4.00. The quantitative estimate of drug-likeness (QED) is 0.762. The molecule has 1 saturated heterocycles. The molecule has 1 N–H and O–H groups in total. The molecule has 0 unspecified atom stereocenters. The van der Waals surface area contributed by atoms with Crippen LogP contribution in [0.15, 0.2) is 29.4 Å². The molecular formula is C15H19N5O3S2. The van der Waals surface area contributed by atoms with Crippen molar-refractivity contribution in [2.75, 3.05) is 17.3 Å². The van der Waals surface area contributed by atoms with E-state index < -0.39 is 15.4 Å². The molecule has 8 nitrogen and oxygen atoms in total. The van der Waals surface area contributed by atoms with Crippen LogP contribution < -0.4 is 5.32 Å². The van der Waals surface area contributed by atoms with Gasteiger partial charge in [-0.3, -0.25) is 4.79 Å². The van der Waals surface area contributed by atoms with Crippen LogP contribution in [-0.4, -0.2) is 57.3 Å². The summed E-state index contributed by atoms with van der Waals surface area (Å²) in [6.07, 6.45) is 0.437. The molecule has 1 aliphatic heterocycles. The van der Waals surface area contributed by atoms with E-state index in [9.17, 15) is 13.2 Å². The summed E-state index contributed by atoms with van der Waals surface area (Å²) in [6, 6.07) is 7.72. The molecule has 1 aromatic carbocycles. The summed E-state index contributed by atoms with van der Waals surface area (Å²) in [5.41, 5.74) is 1.25. The molecule has 134 valence electrons. The largest absolute Gasteiger partial charge is 0.349 e. The second-order valence-electron chi connectivity index (χ2n) is 6.45. The van der Waals surface area contributed by atoms with Crippen molar-refractivity contribution in [1.29, 1.82) is 0 Å². The zero-order valence-corrected chi connectivity index (χ0v) is 15.6. The van der Waals surface area contributed by atoms with Crippen LogP contribution in [0, 0.1) is 6.92 Å². The molecule has 1 fully saturated rings.